The van der Waals surface area contributed by atoms with E-state index in [0.29, 0.717) is 6.54 Å². The van der Waals surface area contributed by atoms with Gasteiger partial charge in [0.05, 0.1) is 6.10 Å². The third-order valence-corrected chi connectivity index (χ3v) is 4.31. The van der Waals surface area contributed by atoms with Crippen molar-refractivity contribution >= 4 is 5.91 Å². The average Bonchev–Trinajstić information content (AvgIpc) is 2.56. The molecule has 0 aromatic heterocycles. The number of hydrogen-bond donors (Lipinski definition) is 2. The van der Waals surface area contributed by atoms with Gasteiger partial charge in [-0.25, -0.2) is 0 Å². The summed E-state index contributed by atoms with van der Waals surface area (Å²) in [6.45, 7) is 7.28. The molecule has 1 aromatic carbocycles. The zero-order valence-corrected chi connectivity index (χ0v) is 14.2. The summed E-state index contributed by atoms with van der Waals surface area (Å²) in [5.41, 5.74) is 3.16. The number of aliphatic hydroxyl groups is 1. The molecule has 1 aliphatic rings. The highest BCUT2D eigenvalue weighted by atomic mass is 16.3. The molecule has 126 valence electrons. The lowest BCUT2D eigenvalue weighted by molar-refractivity contribution is -0.117. The summed E-state index contributed by atoms with van der Waals surface area (Å²) in [6, 6.07) is 8.41. The molecule has 1 heterocycles. The van der Waals surface area contributed by atoms with Gasteiger partial charge in [0.2, 0.25) is 5.91 Å². The van der Waals surface area contributed by atoms with Crippen molar-refractivity contribution in [3.63, 3.8) is 0 Å². The van der Waals surface area contributed by atoms with Crippen LogP contribution in [0.3, 0.4) is 0 Å². The summed E-state index contributed by atoms with van der Waals surface area (Å²) in [7, 11) is 0. The Bertz CT molecular complexity index is 529. The Kier molecular flexibility index (Phi) is 6.81. The van der Waals surface area contributed by atoms with Crippen molar-refractivity contribution in [2.75, 3.05) is 13.1 Å². The van der Waals surface area contributed by atoms with Crippen molar-refractivity contribution in [3.05, 3.63) is 47.0 Å². The normalized spacial score (nSPS) is 17.3. The SMILES string of the molecule is CC/C=C(\C)C(=O)NCc1ccc(CN2CCC(O)CC2)cc1. The van der Waals surface area contributed by atoms with Crippen LogP contribution in [0.5, 0.6) is 0 Å². The van der Waals surface area contributed by atoms with E-state index in [-0.39, 0.29) is 12.0 Å². The van der Waals surface area contributed by atoms with E-state index in [9.17, 15) is 9.90 Å². The third kappa shape index (κ3) is 5.81. The van der Waals surface area contributed by atoms with Gasteiger partial charge in [-0.15, -0.1) is 0 Å². The molecule has 1 aromatic rings. The van der Waals surface area contributed by atoms with Gasteiger partial charge in [-0.3, -0.25) is 9.69 Å². The molecule has 1 fully saturated rings. The van der Waals surface area contributed by atoms with Gasteiger partial charge in [-0.2, -0.15) is 0 Å². The fourth-order valence-corrected chi connectivity index (χ4v) is 2.82. The molecule has 0 saturated carbocycles. The molecule has 1 amide bonds. The maximum absolute atomic E-state index is 11.9. The van der Waals surface area contributed by atoms with E-state index in [1.165, 1.54) is 5.56 Å². The van der Waals surface area contributed by atoms with Crippen LogP contribution in [0.4, 0.5) is 0 Å². The Morgan fingerprint density at radius 1 is 1.26 bits per heavy atom. The van der Waals surface area contributed by atoms with E-state index >= 15 is 0 Å². The molecule has 0 radical (unpaired) electrons. The molecule has 0 atom stereocenters. The fraction of sp³-hybridized carbons (Fsp3) is 0.526. The topological polar surface area (TPSA) is 52.6 Å². The quantitative estimate of drug-likeness (QED) is 0.793. The van der Waals surface area contributed by atoms with Gasteiger partial charge in [-0.1, -0.05) is 37.3 Å². The highest BCUT2D eigenvalue weighted by molar-refractivity contribution is 5.92. The summed E-state index contributed by atoms with van der Waals surface area (Å²) in [5, 5.41) is 12.5. The lowest BCUT2D eigenvalue weighted by Gasteiger charge is -2.29. The predicted molar refractivity (Wildman–Crippen MR) is 92.9 cm³/mol. The van der Waals surface area contributed by atoms with E-state index in [1.54, 1.807) is 0 Å². The van der Waals surface area contributed by atoms with Crippen LogP contribution in [0.2, 0.25) is 0 Å². The van der Waals surface area contributed by atoms with E-state index in [4.69, 9.17) is 0 Å². The van der Waals surface area contributed by atoms with Gasteiger partial charge in [0.1, 0.15) is 0 Å². The van der Waals surface area contributed by atoms with Crippen LogP contribution >= 0.6 is 0 Å². The monoisotopic (exact) mass is 316 g/mol. The Labute approximate surface area is 139 Å². The number of piperidine rings is 1. The predicted octanol–water partition coefficient (Wildman–Crippen LogP) is 2.62. The highest BCUT2D eigenvalue weighted by Crippen LogP contribution is 2.14. The molecule has 2 N–H and O–H groups in total. The van der Waals surface area contributed by atoms with E-state index in [0.717, 1.165) is 50.0 Å². The molecule has 0 unspecified atom stereocenters. The number of nitrogens with zero attached hydrogens (tertiary/aromatic N) is 1. The number of aliphatic hydroxyl groups excluding tert-OH is 1. The minimum absolute atomic E-state index is 0.00259. The van der Waals surface area contributed by atoms with E-state index in [2.05, 4.69) is 34.5 Å². The van der Waals surface area contributed by atoms with E-state index in [1.807, 2.05) is 19.9 Å². The first-order valence-electron chi connectivity index (χ1n) is 8.51. The van der Waals surface area contributed by atoms with Gasteiger partial charge < -0.3 is 10.4 Å². The van der Waals surface area contributed by atoms with Crippen LogP contribution in [0.25, 0.3) is 0 Å². The summed E-state index contributed by atoms with van der Waals surface area (Å²) in [5.74, 6) is 0.00259. The summed E-state index contributed by atoms with van der Waals surface area (Å²) >= 11 is 0. The number of carbonyl (C=O) groups excluding carboxylic acids is 1. The Balaban J connectivity index is 1.80. The molecule has 0 spiro atoms. The van der Waals surface area contributed by atoms with Gasteiger partial charge in [0.25, 0.3) is 0 Å². The van der Waals surface area contributed by atoms with Crippen LogP contribution in [0, 0.1) is 0 Å². The van der Waals surface area contributed by atoms with Crippen molar-refractivity contribution in [3.8, 4) is 0 Å². The first-order chi connectivity index (χ1) is 11.1. The van der Waals surface area contributed by atoms with Gasteiger partial charge in [0.15, 0.2) is 0 Å². The van der Waals surface area contributed by atoms with Crippen LogP contribution in [0.1, 0.15) is 44.2 Å². The molecular formula is C19H28N2O2. The lowest BCUT2D eigenvalue weighted by Crippen LogP contribution is -2.35. The summed E-state index contributed by atoms with van der Waals surface area (Å²) in [4.78, 5) is 14.2. The second kappa shape index (κ2) is 8.85. The van der Waals surface area contributed by atoms with Crippen molar-refractivity contribution in [2.45, 2.75) is 52.3 Å². The lowest BCUT2D eigenvalue weighted by atomic mass is 10.1. The number of hydrogen-bond acceptors (Lipinski definition) is 3. The zero-order chi connectivity index (χ0) is 16.7. The van der Waals surface area contributed by atoms with Crippen LogP contribution in [-0.4, -0.2) is 35.1 Å². The minimum Gasteiger partial charge on any atom is -0.393 e. The average molecular weight is 316 g/mol. The molecular weight excluding hydrogens is 288 g/mol. The maximum Gasteiger partial charge on any atom is 0.246 e. The largest absolute Gasteiger partial charge is 0.393 e. The smallest absolute Gasteiger partial charge is 0.246 e. The third-order valence-electron chi connectivity index (χ3n) is 4.31. The zero-order valence-electron chi connectivity index (χ0n) is 14.2. The molecule has 2 rings (SSSR count). The first-order valence-corrected chi connectivity index (χ1v) is 8.51. The van der Waals surface area contributed by atoms with E-state index < -0.39 is 0 Å². The minimum atomic E-state index is -0.123. The highest BCUT2D eigenvalue weighted by Gasteiger charge is 2.16. The maximum atomic E-state index is 11.9. The first kappa shape index (κ1) is 17.7. The van der Waals surface area contributed by atoms with Crippen molar-refractivity contribution in [1.29, 1.82) is 0 Å². The second-order valence-corrected chi connectivity index (χ2v) is 6.30. The number of allylic oxidation sites excluding steroid dienone is 1. The number of rotatable bonds is 6. The molecule has 1 saturated heterocycles. The molecule has 0 bridgehead atoms. The Morgan fingerprint density at radius 3 is 2.48 bits per heavy atom. The number of likely N-dealkylation sites (tertiary alicyclic amines) is 1. The summed E-state index contributed by atoms with van der Waals surface area (Å²) < 4.78 is 0. The Hall–Kier alpha value is -1.65. The van der Waals surface area contributed by atoms with Gasteiger partial charge in [0, 0.05) is 31.8 Å². The standard InChI is InChI=1S/C19H28N2O2/c1-3-4-15(2)19(23)20-13-16-5-7-17(8-6-16)14-21-11-9-18(22)10-12-21/h4-8,18,22H,3,9-14H2,1-2H3,(H,20,23)/b15-4+. The van der Waals surface area contributed by atoms with Gasteiger partial charge >= 0.3 is 0 Å². The number of nitrogens with one attached hydrogen (secondary N) is 1. The van der Waals surface area contributed by atoms with Crippen molar-refractivity contribution in [2.24, 2.45) is 0 Å². The van der Waals surface area contributed by atoms with Crippen LogP contribution in [0.15, 0.2) is 35.9 Å². The summed E-state index contributed by atoms with van der Waals surface area (Å²) in [6.07, 6.45) is 4.43. The van der Waals surface area contributed by atoms with Crippen molar-refractivity contribution in [1.82, 2.24) is 10.2 Å². The number of carbonyl (C=O) groups is 1. The number of benzene rings is 1. The molecule has 0 aliphatic carbocycles. The second-order valence-electron chi connectivity index (χ2n) is 6.30. The van der Waals surface area contributed by atoms with Crippen LogP contribution < -0.4 is 5.32 Å². The molecule has 4 heteroatoms. The molecule has 23 heavy (non-hydrogen) atoms. The number of amides is 1. The molecule has 4 nitrogen and oxygen atoms in total. The van der Waals surface area contributed by atoms with Gasteiger partial charge in [-0.05, 0) is 37.3 Å². The van der Waals surface area contributed by atoms with Crippen LogP contribution in [-0.2, 0) is 17.9 Å². The van der Waals surface area contributed by atoms with Crippen molar-refractivity contribution < 1.29 is 9.90 Å². The Morgan fingerprint density at radius 2 is 1.87 bits per heavy atom. The fourth-order valence-electron chi connectivity index (χ4n) is 2.82. The molecule has 1 aliphatic heterocycles.